The maximum absolute atomic E-state index is 8.09. The second kappa shape index (κ2) is 9.96. The Morgan fingerprint density at radius 2 is 1.14 bits per heavy atom. The molecule has 0 atom stereocenters. The van der Waals surface area contributed by atoms with E-state index in [0.29, 0.717) is 0 Å². The Labute approximate surface area is 63.7 Å². The Balaban J connectivity index is 0. The Morgan fingerprint density at radius 1 is 0.857 bits per heavy atom. The third-order valence-corrected chi connectivity index (χ3v) is 0.566. The average Bonchev–Trinajstić information content (AvgIpc) is 1.61. The second-order valence-corrected chi connectivity index (χ2v) is 1.15. The molecule has 0 fully saturated rings. The zero-order valence-corrected chi connectivity index (χ0v) is 9.93. The fourth-order valence-electron chi connectivity index (χ4n) is 0.224. The molecular weight excluding hydrogens is 287 g/mol. The zero-order chi connectivity index (χ0) is 4.83. The van der Waals surface area contributed by atoms with Crippen LogP contribution in [0.25, 0.3) is 0 Å². The van der Waals surface area contributed by atoms with Gasteiger partial charge in [-0.2, -0.15) is 0 Å². The van der Waals surface area contributed by atoms with Crippen molar-refractivity contribution in [1.82, 2.24) is 0 Å². The molecular formula is C4H12O2Pb. The van der Waals surface area contributed by atoms with Crippen LogP contribution in [-0.2, 0) is 0 Å². The molecule has 0 aliphatic carbocycles. The van der Waals surface area contributed by atoms with Crippen LogP contribution in [0.4, 0.5) is 0 Å². The van der Waals surface area contributed by atoms with Crippen LogP contribution in [0, 0.1) is 0 Å². The fraction of sp³-hybridized carbons (Fsp3) is 1.00. The summed E-state index contributed by atoms with van der Waals surface area (Å²) in [7, 11) is 0. The Bertz CT molecular complexity index is 21.7. The molecule has 0 unspecified atom stereocenters. The Morgan fingerprint density at radius 3 is 1.29 bits per heavy atom. The second-order valence-electron chi connectivity index (χ2n) is 1.15. The normalized spacial score (nSPS) is 7.71. The molecule has 0 aliphatic heterocycles. The van der Waals surface area contributed by atoms with Crippen LogP contribution in [0.1, 0.15) is 12.8 Å². The van der Waals surface area contributed by atoms with Gasteiger partial charge in [-0.25, -0.2) is 0 Å². The van der Waals surface area contributed by atoms with Gasteiger partial charge in [-0.05, 0) is 12.8 Å². The van der Waals surface area contributed by atoms with Gasteiger partial charge in [-0.1, -0.05) is 0 Å². The van der Waals surface area contributed by atoms with Crippen molar-refractivity contribution >= 4 is 27.3 Å². The van der Waals surface area contributed by atoms with Crippen LogP contribution in [0.2, 0.25) is 0 Å². The molecule has 3 heteroatoms. The van der Waals surface area contributed by atoms with E-state index in [1.54, 1.807) is 0 Å². The molecule has 7 heavy (non-hydrogen) atoms. The molecule has 0 rings (SSSR count). The van der Waals surface area contributed by atoms with Gasteiger partial charge in [-0.15, -0.1) is 0 Å². The molecule has 44 valence electrons. The van der Waals surface area contributed by atoms with Gasteiger partial charge < -0.3 is 10.2 Å². The molecule has 0 amide bonds. The Kier molecular flexibility index (Phi) is 15.3. The number of aliphatic hydroxyl groups is 2. The molecule has 0 saturated heterocycles. The van der Waals surface area contributed by atoms with Crippen molar-refractivity contribution < 1.29 is 10.2 Å². The zero-order valence-electron chi connectivity index (χ0n) is 4.43. The summed E-state index contributed by atoms with van der Waals surface area (Å²) in [5, 5.41) is 16.2. The van der Waals surface area contributed by atoms with Crippen LogP contribution in [0.3, 0.4) is 0 Å². The average molecular weight is 299 g/mol. The molecule has 2 radical (unpaired) electrons. The third kappa shape index (κ3) is 10.9. The van der Waals surface area contributed by atoms with Crippen LogP contribution < -0.4 is 0 Å². The number of aliphatic hydroxyl groups excluding tert-OH is 2. The summed E-state index contributed by atoms with van der Waals surface area (Å²) in [4.78, 5) is 0. The van der Waals surface area contributed by atoms with Crippen molar-refractivity contribution in [3.8, 4) is 0 Å². The SMILES string of the molecule is OCCCCO.[PbH2]. The van der Waals surface area contributed by atoms with E-state index < -0.39 is 0 Å². The van der Waals surface area contributed by atoms with Gasteiger partial charge in [0.25, 0.3) is 0 Å². The Hall–Kier alpha value is 0.842. The van der Waals surface area contributed by atoms with Crippen LogP contribution >= 0.6 is 0 Å². The van der Waals surface area contributed by atoms with Crippen molar-refractivity contribution in [3.05, 3.63) is 0 Å². The van der Waals surface area contributed by atoms with Crippen LogP contribution in [0.15, 0.2) is 0 Å². The predicted octanol–water partition coefficient (Wildman–Crippen LogP) is -1.17. The number of hydrogen-bond donors (Lipinski definition) is 2. The van der Waals surface area contributed by atoms with Gasteiger partial charge in [0.2, 0.25) is 0 Å². The van der Waals surface area contributed by atoms with Gasteiger partial charge in [-0.3, -0.25) is 0 Å². The number of unbranched alkanes of at least 4 members (excludes halogenated alkanes) is 1. The van der Waals surface area contributed by atoms with E-state index in [9.17, 15) is 0 Å². The summed E-state index contributed by atoms with van der Waals surface area (Å²) < 4.78 is 0. The molecule has 0 aromatic heterocycles. The first-order chi connectivity index (χ1) is 2.91. The van der Waals surface area contributed by atoms with Gasteiger partial charge in [0, 0.05) is 13.2 Å². The van der Waals surface area contributed by atoms with Crippen molar-refractivity contribution in [2.75, 3.05) is 13.2 Å². The minimum atomic E-state index is 0. The summed E-state index contributed by atoms with van der Waals surface area (Å²) >= 11 is 0. The summed E-state index contributed by atoms with van der Waals surface area (Å²) in [5.74, 6) is 0. The maximum atomic E-state index is 8.09. The first kappa shape index (κ1) is 10.8. The van der Waals surface area contributed by atoms with E-state index in [4.69, 9.17) is 10.2 Å². The predicted molar refractivity (Wildman–Crippen MR) is 31.9 cm³/mol. The van der Waals surface area contributed by atoms with Crippen molar-refractivity contribution in [1.29, 1.82) is 0 Å². The van der Waals surface area contributed by atoms with Crippen LogP contribution in [-0.4, -0.2) is 50.7 Å². The summed E-state index contributed by atoms with van der Waals surface area (Å²) in [6.07, 6.45) is 1.44. The summed E-state index contributed by atoms with van der Waals surface area (Å²) in [6.45, 7) is 0.390. The molecule has 0 bridgehead atoms. The van der Waals surface area contributed by atoms with Crippen molar-refractivity contribution in [2.24, 2.45) is 0 Å². The van der Waals surface area contributed by atoms with E-state index in [-0.39, 0.29) is 40.5 Å². The standard InChI is InChI=1S/C4H10O2.Pb.2H/c5-3-1-2-4-6;;;/h5-6H,1-4H2;;;. The monoisotopic (exact) mass is 300 g/mol. The number of hydrogen-bond acceptors (Lipinski definition) is 2. The van der Waals surface area contributed by atoms with E-state index in [2.05, 4.69) is 0 Å². The fourth-order valence-corrected chi connectivity index (χ4v) is 0.224. The molecule has 0 aliphatic rings. The minimum absolute atomic E-state index is 0. The molecule has 0 saturated carbocycles. The molecule has 0 spiro atoms. The van der Waals surface area contributed by atoms with Crippen LogP contribution in [0.5, 0.6) is 0 Å². The van der Waals surface area contributed by atoms with Gasteiger partial charge >= 0.3 is 27.3 Å². The quantitative estimate of drug-likeness (QED) is 0.510. The van der Waals surface area contributed by atoms with Crippen molar-refractivity contribution in [3.63, 3.8) is 0 Å². The molecule has 2 nitrogen and oxygen atoms in total. The molecule has 2 N–H and O–H groups in total. The topological polar surface area (TPSA) is 40.5 Å². The van der Waals surface area contributed by atoms with E-state index >= 15 is 0 Å². The van der Waals surface area contributed by atoms with Gasteiger partial charge in [0.1, 0.15) is 0 Å². The van der Waals surface area contributed by atoms with E-state index in [1.165, 1.54) is 0 Å². The molecule has 0 aromatic carbocycles. The summed E-state index contributed by atoms with van der Waals surface area (Å²) in [5.41, 5.74) is 0. The molecule has 0 aromatic rings. The van der Waals surface area contributed by atoms with Crippen molar-refractivity contribution in [2.45, 2.75) is 12.8 Å². The van der Waals surface area contributed by atoms with Gasteiger partial charge in [0.15, 0.2) is 0 Å². The van der Waals surface area contributed by atoms with Gasteiger partial charge in [0.05, 0.1) is 0 Å². The first-order valence-electron chi connectivity index (χ1n) is 2.13. The van der Waals surface area contributed by atoms with E-state index in [1.807, 2.05) is 0 Å². The summed E-state index contributed by atoms with van der Waals surface area (Å²) in [6, 6.07) is 0. The number of rotatable bonds is 3. The van der Waals surface area contributed by atoms with E-state index in [0.717, 1.165) is 12.8 Å². The first-order valence-corrected chi connectivity index (χ1v) is 2.13. The third-order valence-electron chi connectivity index (χ3n) is 0.566. The molecule has 0 heterocycles.